The lowest BCUT2D eigenvalue weighted by atomic mass is 10.3. The number of ether oxygens (including phenoxy) is 1. The summed E-state index contributed by atoms with van der Waals surface area (Å²) in [6, 6.07) is 14.4. The maximum absolute atomic E-state index is 13.4. The molecule has 0 bridgehead atoms. The number of para-hydroxylation sites is 1. The first-order chi connectivity index (χ1) is 10.6. The van der Waals surface area contributed by atoms with Gasteiger partial charge in [-0.2, -0.15) is 10.4 Å². The largest absolute Gasteiger partial charge is 0.455 e. The molecule has 0 aromatic heterocycles. The van der Waals surface area contributed by atoms with Gasteiger partial charge in [-0.1, -0.05) is 18.2 Å². The van der Waals surface area contributed by atoms with Gasteiger partial charge in [-0.3, -0.25) is 10.8 Å². The second-order valence-corrected chi connectivity index (χ2v) is 4.15. The van der Waals surface area contributed by atoms with Crippen LogP contribution in [0, 0.1) is 22.6 Å². The molecular weight excluding hydrogens is 285 g/mol. The fourth-order valence-electron chi connectivity index (χ4n) is 1.56. The molecule has 0 unspecified atom stereocenters. The van der Waals surface area contributed by atoms with Crippen LogP contribution in [0.1, 0.15) is 0 Å². The average molecular weight is 297 g/mol. The Morgan fingerprint density at radius 3 is 2.64 bits per heavy atom. The Hall–Kier alpha value is -3.40. The molecule has 0 fully saturated rings. The highest BCUT2D eigenvalue weighted by molar-refractivity contribution is 6.45. The molecular formula is C15H12FN5O. The Balaban J connectivity index is 2.29. The number of halogens is 1. The standard InChI is InChI=1S/C15H12FN5O/c16-10-6-7-14(22-11-4-2-1-3-5-11)12(8-10)20-21-13(9-17)15(18)19/h1-8,20H,(H3,18,19)/b21-13+. The number of benzene rings is 2. The molecule has 4 N–H and O–H groups in total. The smallest absolute Gasteiger partial charge is 0.201 e. The Kier molecular flexibility index (Phi) is 4.67. The van der Waals surface area contributed by atoms with Crippen LogP contribution in [0.25, 0.3) is 0 Å². The third-order valence-electron chi connectivity index (χ3n) is 2.56. The average Bonchev–Trinajstić information content (AvgIpc) is 2.51. The number of hydrazone groups is 1. The molecule has 0 aliphatic rings. The van der Waals surface area contributed by atoms with Crippen molar-refractivity contribution < 1.29 is 9.13 Å². The Morgan fingerprint density at radius 2 is 2.00 bits per heavy atom. The summed E-state index contributed by atoms with van der Waals surface area (Å²) in [5.41, 5.74) is 7.57. The number of anilines is 1. The van der Waals surface area contributed by atoms with Gasteiger partial charge in [0.25, 0.3) is 0 Å². The van der Waals surface area contributed by atoms with E-state index in [0.717, 1.165) is 6.07 Å². The van der Waals surface area contributed by atoms with E-state index in [4.69, 9.17) is 21.1 Å². The molecule has 0 saturated carbocycles. The van der Waals surface area contributed by atoms with Gasteiger partial charge in [0, 0.05) is 6.07 Å². The van der Waals surface area contributed by atoms with E-state index in [1.54, 1.807) is 30.3 Å². The third-order valence-corrected chi connectivity index (χ3v) is 2.56. The van der Waals surface area contributed by atoms with Gasteiger partial charge in [-0.25, -0.2) is 4.39 Å². The molecule has 0 aliphatic heterocycles. The second-order valence-electron chi connectivity index (χ2n) is 4.15. The van der Waals surface area contributed by atoms with Crippen LogP contribution in [0.3, 0.4) is 0 Å². The summed E-state index contributed by atoms with van der Waals surface area (Å²) in [5, 5.41) is 19.6. The molecule has 2 aromatic carbocycles. The fourth-order valence-corrected chi connectivity index (χ4v) is 1.56. The maximum atomic E-state index is 13.4. The molecule has 6 nitrogen and oxygen atoms in total. The van der Waals surface area contributed by atoms with Crippen LogP contribution < -0.4 is 15.9 Å². The van der Waals surface area contributed by atoms with Gasteiger partial charge >= 0.3 is 0 Å². The van der Waals surface area contributed by atoms with Crippen molar-refractivity contribution in [3.63, 3.8) is 0 Å². The SMILES string of the molecule is N#C/C(=N\Nc1cc(F)ccc1Oc1ccccc1)C(=N)N. The highest BCUT2D eigenvalue weighted by atomic mass is 19.1. The molecule has 0 heterocycles. The molecule has 22 heavy (non-hydrogen) atoms. The van der Waals surface area contributed by atoms with Gasteiger partial charge < -0.3 is 10.5 Å². The lowest BCUT2D eigenvalue weighted by molar-refractivity contribution is 0.482. The maximum Gasteiger partial charge on any atom is 0.201 e. The van der Waals surface area contributed by atoms with Gasteiger partial charge in [0.15, 0.2) is 11.6 Å². The molecule has 110 valence electrons. The molecule has 0 spiro atoms. The lowest BCUT2D eigenvalue weighted by Gasteiger charge is -2.11. The van der Waals surface area contributed by atoms with Gasteiger partial charge in [0.1, 0.15) is 23.3 Å². The highest BCUT2D eigenvalue weighted by Crippen LogP contribution is 2.30. The normalized spacial score (nSPS) is 10.6. The molecule has 0 amide bonds. The molecule has 2 aromatic rings. The van der Waals surface area contributed by atoms with Crippen molar-refractivity contribution >= 4 is 17.2 Å². The zero-order chi connectivity index (χ0) is 15.9. The van der Waals surface area contributed by atoms with Crippen LogP contribution in [0.15, 0.2) is 53.6 Å². The molecule has 2 rings (SSSR count). The number of hydrogen-bond donors (Lipinski definition) is 3. The van der Waals surface area contributed by atoms with Crippen LogP contribution in [0.5, 0.6) is 11.5 Å². The Labute approximate surface area is 126 Å². The van der Waals surface area contributed by atoms with Crippen molar-refractivity contribution in [3.8, 4) is 17.6 Å². The van der Waals surface area contributed by atoms with E-state index in [2.05, 4.69) is 10.5 Å². The number of rotatable bonds is 5. The first-order valence-electron chi connectivity index (χ1n) is 6.21. The van der Waals surface area contributed by atoms with Crippen LogP contribution in [0.2, 0.25) is 0 Å². The molecule has 0 saturated heterocycles. The van der Waals surface area contributed by atoms with E-state index in [1.165, 1.54) is 12.1 Å². The minimum absolute atomic E-state index is 0.206. The Bertz CT molecular complexity index is 752. The number of nitrogens with two attached hydrogens (primary N) is 1. The van der Waals surface area contributed by atoms with E-state index in [0.29, 0.717) is 11.5 Å². The third kappa shape index (κ3) is 3.80. The summed E-state index contributed by atoms with van der Waals surface area (Å²) in [4.78, 5) is 0. The van der Waals surface area contributed by atoms with Crippen LogP contribution >= 0.6 is 0 Å². The fraction of sp³-hybridized carbons (Fsp3) is 0. The second kappa shape index (κ2) is 6.85. The van der Waals surface area contributed by atoms with Crippen LogP contribution in [-0.4, -0.2) is 11.5 Å². The Morgan fingerprint density at radius 1 is 1.27 bits per heavy atom. The number of hydrogen-bond acceptors (Lipinski definition) is 5. The quantitative estimate of drug-likeness (QED) is 0.448. The summed E-state index contributed by atoms with van der Waals surface area (Å²) in [7, 11) is 0. The van der Waals surface area contributed by atoms with Crippen LogP contribution in [-0.2, 0) is 0 Å². The topological polar surface area (TPSA) is 107 Å². The molecule has 0 atom stereocenters. The van der Waals surface area contributed by atoms with Gasteiger partial charge in [-0.05, 0) is 24.3 Å². The summed E-state index contributed by atoms with van der Waals surface area (Å²) >= 11 is 0. The van der Waals surface area contributed by atoms with E-state index < -0.39 is 11.7 Å². The van der Waals surface area contributed by atoms with Crippen molar-refractivity contribution in [1.29, 1.82) is 10.7 Å². The number of nitrogens with one attached hydrogen (secondary N) is 2. The minimum Gasteiger partial charge on any atom is -0.455 e. The number of nitrogens with zero attached hydrogens (tertiary/aromatic N) is 2. The first-order valence-corrected chi connectivity index (χ1v) is 6.21. The summed E-state index contributed by atoms with van der Waals surface area (Å²) in [5.74, 6) is -0.109. The molecule has 0 aliphatic carbocycles. The number of nitriles is 1. The van der Waals surface area contributed by atoms with E-state index in [9.17, 15) is 4.39 Å². The predicted octanol–water partition coefficient (Wildman–Crippen LogP) is 2.85. The lowest BCUT2D eigenvalue weighted by Crippen LogP contribution is -2.21. The zero-order valence-corrected chi connectivity index (χ0v) is 11.4. The molecule has 0 radical (unpaired) electrons. The van der Waals surface area contributed by atoms with Crippen molar-refractivity contribution in [2.24, 2.45) is 10.8 Å². The zero-order valence-electron chi connectivity index (χ0n) is 11.4. The van der Waals surface area contributed by atoms with E-state index in [1.807, 2.05) is 6.07 Å². The summed E-state index contributed by atoms with van der Waals surface area (Å²) in [6.07, 6.45) is 0. The monoisotopic (exact) mass is 297 g/mol. The van der Waals surface area contributed by atoms with Gasteiger partial charge in [0.05, 0.1) is 0 Å². The first kappa shape index (κ1) is 15.0. The highest BCUT2D eigenvalue weighted by Gasteiger charge is 2.08. The van der Waals surface area contributed by atoms with Crippen LogP contribution in [0.4, 0.5) is 10.1 Å². The predicted molar refractivity (Wildman–Crippen MR) is 81.5 cm³/mol. The van der Waals surface area contributed by atoms with Crippen molar-refractivity contribution in [2.45, 2.75) is 0 Å². The minimum atomic E-state index is -0.501. The van der Waals surface area contributed by atoms with Crippen molar-refractivity contribution in [1.82, 2.24) is 0 Å². The van der Waals surface area contributed by atoms with E-state index >= 15 is 0 Å². The van der Waals surface area contributed by atoms with Gasteiger partial charge in [-0.15, -0.1) is 0 Å². The van der Waals surface area contributed by atoms with Gasteiger partial charge in [0.2, 0.25) is 5.71 Å². The van der Waals surface area contributed by atoms with Crippen molar-refractivity contribution in [2.75, 3.05) is 5.43 Å². The van der Waals surface area contributed by atoms with Crippen molar-refractivity contribution in [3.05, 3.63) is 54.3 Å². The summed E-state index contributed by atoms with van der Waals surface area (Å²) in [6.45, 7) is 0. The molecule has 7 heteroatoms. The van der Waals surface area contributed by atoms with E-state index in [-0.39, 0.29) is 11.4 Å². The summed E-state index contributed by atoms with van der Waals surface area (Å²) < 4.78 is 19.0. The number of amidine groups is 1.